The fourth-order valence-electron chi connectivity index (χ4n) is 2.31. The maximum Gasteiger partial charge on any atom is 0.238 e. The monoisotopic (exact) mass is 277 g/mol. The summed E-state index contributed by atoms with van der Waals surface area (Å²) in [5.41, 5.74) is 8.11. The van der Waals surface area contributed by atoms with Crippen LogP contribution in [0.25, 0.3) is 11.0 Å². The molecule has 0 bridgehead atoms. The average molecular weight is 277 g/mol. The maximum atomic E-state index is 12.0. The van der Waals surface area contributed by atoms with Crippen molar-refractivity contribution in [2.45, 2.75) is 12.5 Å². The second-order valence-corrected chi connectivity index (χ2v) is 5.30. The van der Waals surface area contributed by atoms with Crippen molar-refractivity contribution in [1.29, 1.82) is 0 Å². The highest BCUT2D eigenvalue weighted by Gasteiger charge is 2.21. The van der Waals surface area contributed by atoms with Gasteiger partial charge in [0, 0.05) is 19.1 Å². The first-order valence-electron chi connectivity index (χ1n) is 6.21. The minimum Gasteiger partial charge on any atom is -0.326 e. The second-order valence-electron chi connectivity index (χ2n) is 4.77. The summed E-state index contributed by atoms with van der Waals surface area (Å²) in [4.78, 5) is 14.1. The van der Waals surface area contributed by atoms with E-state index in [9.17, 15) is 4.79 Å². The lowest BCUT2D eigenvalue weighted by Crippen LogP contribution is -2.33. The van der Waals surface area contributed by atoms with Crippen LogP contribution in [0, 0.1) is 0 Å². The molecule has 1 amide bonds. The molecule has 1 fully saturated rings. The number of rotatable bonds is 3. The molecular weight excluding hydrogens is 262 g/mol. The molecule has 6 nitrogen and oxygen atoms in total. The van der Waals surface area contributed by atoms with Gasteiger partial charge in [0.2, 0.25) is 5.91 Å². The van der Waals surface area contributed by atoms with Gasteiger partial charge in [-0.05, 0) is 18.6 Å². The van der Waals surface area contributed by atoms with Crippen molar-refractivity contribution in [2.24, 2.45) is 5.73 Å². The summed E-state index contributed by atoms with van der Waals surface area (Å²) in [6.45, 7) is 2.05. The number of nitrogens with two attached hydrogens (primary N) is 1. The number of amides is 1. The molecule has 0 radical (unpaired) electrons. The SMILES string of the molecule is N[C@@H]1CCN(CC(=O)Nc2cccc3nsnc23)C1. The summed E-state index contributed by atoms with van der Waals surface area (Å²) < 4.78 is 8.35. The van der Waals surface area contributed by atoms with Crippen LogP contribution in [0.4, 0.5) is 5.69 Å². The number of carbonyl (C=O) groups is 1. The number of fused-ring (bicyclic) bond motifs is 1. The van der Waals surface area contributed by atoms with E-state index in [4.69, 9.17) is 5.73 Å². The van der Waals surface area contributed by atoms with Crippen LogP contribution in [-0.2, 0) is 4.79 Å². The van der Waals surface area contributed by atoms with E-state index < -0.39 is 0 Å². The summed E-state index contributed by atoms with van der Waals surface area (Å²) >= 11 is 1.15. The molecule has 1 atom stereocenters. The molecule has 100 valence electrons. The molecule has 3 rings (SSSR count). The van der Waals surface area contributed by atoms with E-state index >= 15 is 0 Å². The van der Waals surface area contributed by atoms with E-state index in [-0.39, 0.29) is 11.9 Å². The number of likely N-dealkylation sites (tertiary alicyclic amines) is 1. The molecule has 2 aromatic rings. The summed E-state index contributed by atoms with van der Waals surface area (Å²) in [5, 5.41) is 2.90. The van der Waals surface area contributed by atoms with Gasteiger partial charge in [0.1, 0.15) is 11.0 Å². The van der Waals surface area contributed by atoms with Crippen molar-refractivity contribution < 1.29 is 4.79 Å². The van der Waals surface area contributed by atoms with Crippen LogP contribution in [-0.4, -0.2) is 45.2 Å². The lowest BCUT2D eigenvalue weighted by Gasteiger charge is -2.14. The Hall–Kier alpha value is -1.57. The number of nitrogens with zero attached hydrogens (tertiary/aromatic N) is 3. The highest BCUT2D eigenvalue weighted by atomic mass is 32.1. The van der Waals surface area contributed by atoms with Gasteiger partial charge in [0.05, 0.1) is 24.0 Å². The highest BCUT2D eigenvalue weighted by Crippen LogP contribution is 2.21. The van der Waals surface area contributed by atoms with Crippen LogP contribution in [0.1, 0.15) is 6.42 Å². The molecule has 19 heavy (non-hydrogen) atoms. The topological polar surface area (TPSA) is 84.1 Å². The Morgan fingerprint density at radius 2 is 2.42 bits per heavy atom. The van der Waals surface area contributed by atoms with Crippen LogP contribution >= 0.6 is 11.7 Å². The highest BCUT2D eigenvalue weighted by molar-refractivity contribution is 7.00. The largest absolute Gasteiger partial charge is 0.326 e. The fraction of sp³-hybridized carbons (Fsp3) is 0.417. The number of benzene rings is 1. The van der Waals surface area contributed by atoms with Crippen LogP contribution < -0.4 is 11.1 Å². The molecular formula is C12H15N5OS. The number of nitrogens with one attached hydrogen (secondary N) is 1. The van der Waals surface area contributed by atoms with E-state index in [0.29, 0.717) is 6.54 Å². The van der Waals surface area contributed by atoms with Gasteiger partial charge < -0.3 is 11.1 Å². The minimum atomic E-state index is -0.0328. The lowest BCUT2D eigenvalue weighted by atomic mass is 10.2. The van der Waals surface area contributed by atoms with Gasteiger partial charge in [-0.15, -0.1) is 0 Å². The van der Waals surface area contributed by atoms with Gasteiger partial charge in [-0.2, -0.15) is 8.75 Å². The summed E-state index contributed by atoms with van der Waals surface area (Å²) in [5.74, 6) is -0.0328. The van der Waals surface area contributed by atoms with E-state index in [1.165, 1.54) is 0 Å². The molecule has 0 unspecified atom stereocenters. The van der Waals surface area contributed by atoms with Crippen LogP contribution in [0.2, 0.25) is 0 Å². The van der Waals surface area contributed by atoms with Gasteiger partial charge in [-0.1, -0.05) is 6.07 Å². The summed E-state index contributed by atoms with van der Waals surface area (Å²) in [7, 11) is 0. The molecule has 1 aliphatic heterocycles. The zero-order valence-corrected chi connectivity index (χ0v) is 11.2. The third-order valence-electron chi connectivity index (χ3n) is 3.24. The minimum absolute atomic E-state index is 0.0328. The Morgan fingerprint density at radius 3 is 3.21 bits per heavy atom. The zero-order chi connectivity index (χ0) is 13.2. The predicted octanol–water partition coefficient (Wildman–Crippen LogP) is 0.663. The van der Waals surface area contributed by atoms with Crippen molar-refractivity contribution in [2.75, 3.05) is 25.0 Å². The van der Waals surface area contributed by atoms with Gasteiger partial charge in [-0.3, -0.25) is 9.69 Å². The molecule has 3 N–H and O–H groups in total. The van der Waals surface area contributed by atoms with Crippen molar-refractivity contribution in [3.05, 3.63) is 18.2 Å². The third kappa shape index (κ3) is 2.73. The Labute approximate surface area is 114 Å². The first-order chi connectivity index (χ1) is 9.22. The Bertz CT molecular complexity index is 599. The Balaban J connectivity index is 1.67. The maximum absolute atomic E-state index is 12.0. The molecule has 1 aromatic carbocycles. The number of hydrogen-bond donors (Lipinski definition) is 2. The van der Waals surface area contributed by atoms with E-state index in [1.807, 2.05) is 18.2 Å². The number of hydrogen-bond acceptors (Lipinski definition) is 6. The smallest absolute Gasteiger partial charge is 0.238 e. The fourth-order valence-corrected chi connectivity index (χ4v) is 2.86. The average Bonchev–Trinajstić information content (AvgIpc) is 2.98. The van der Waals surface area contributed by atoms with Crippen molar-refractivity contribution in [3.8, 4) is 0 Å². The normalized spacial score (nSPS) is 19.9. The predicted molar refractivity (Wildman–Crippen MR) is 75.1 cm³/mol. The van der Waals surface area contributed by atoms with Gasteiger partial charge >= 0.3 is 0 Å². The summed E-state index contributed by atoms with van der Waals surface area (Å²) in [6, 6.07) is 5.79. The first-order valence-corrected chi connectivity index (χ1v) is 6.94. The molecule has 1 aliphatic rings. The van der Waals surface area contributed by atoms with Crippen LogP contribution in [0.3, 0.4) is 0 Å². The molecule has 0 saturated carbocycles. The number of aromatic nitrogens is 2. The summed E-state index contributed by atoms with van der Waals surface area (Å²) in [6.07, 6.45) is 0.957. The van der Waals surface area contributed by atoms with Gasteiger partial charge in [-0.25, -0.2) is 0 Å². The van der Waals surface area contributed by atoms with E-state index in [1.54, 1.807) is 0 Å². The molecule has 0 aliphatic carbocycles. The molecule has 1 aromatic heterocycles. The first kappa shape index (κ1) is 12.5. The Kier molecular flexibility index (Phi) is 3.41. The van der Waals surface area contributed by atoms with Gasteiger partial charge in [0.25, 0.3) is 0 Å². The quantitative estimate of drug-likeness (QED) is 0.861. The van der Waals surface area contributed by atoms with Crippen molar-refractivity contribution >= 4 is 34.4 Å². The molecule has 7 heteroatoms. The van der Waals surface area contributed by atoms with Crippen LogP contribution in [0.15, 0.2) is 18.2 Å². The third-order valence-corrected chi connectivity index (χ3v) is 3.78. The molecule has 1 saturated heterocycles. The van der Waals surface area contributed by atoms with Crippen molar-refractivity contribution in [1.82, 2.24) is 13.6 Å². The zero-order valence-electron chi connectivity index (χ0n) is 10.4. The lowest BCUT2D eigenvalue weighted by molar-refractivity contribution is -0.117. The number of carbonyl (C=O) groups excluding carboxylic acids is 1. The van der Waals surface area contributed by atoms with Gasteiger partial charge in [0.15, 0.2) is 0 Å². The van der Waals surface area contributed by atoms with Crippen molar-refractivity contribution in [3.63, 3.8) is 0 Å². The van der Waals surface area contributed by atoms with E-state index in [0.717, 1.165) is 48.0 Å². The molecule has 0 spiro atoms. The second kappa shape index (κ2) is 5.20. The van der Waals surface area contributed by atoms with Crippen LogP contribution in [0.5, 0.6) is 0 Å². The Morgan fingerprint density at radius 1 is 1.53 bits per heavy atom. The van der Waals surface area contributed by atoms with E-state index in [2.05, 4.69) is 19.0 Å². The molecule has 2 heterocycles. The number of anilines is 1. The standard InChI is InChI=1S/C12H15N5OS/c13-8-4-5-17(6-8)7-11(18)14-9-2-1-3-10-12(9)16-19-15-10/h1-3,8H,4-7,13H2,(H,14,18)/t8-/m1/s1.